The van der Waals surface area contributed by atoms with Crippen molar-refractivity contribution in [2.24, 2.45) is 0 Å². The van der Waals surface area contributed by atoms with Gasteiger partial charge in [0.1, 0.15) is 5.75 Å². The highest BCUT2D eigenvalue weighted by atomic mass is 19.4. The number of nitrogens with zero attached hydrogens (tertiary/aromatic N) is 2. The molecule has 0 fully saturated rings. The van der Waals surface area contributed by atoms with Gasteiger partial charge in [-0.25, -0.2) is 4.79 Å². The summed E-state index contributed by atoms with van der Waals surface area (Å²) in [6, 6.07) is 10.4. The van der Waals surface area contributed by atoms with Gasteiger partial charge in [0.25, 0.3) is 11.5 Å². The van der Waals surface area contributed by atoms with Crippen LogP contribution in [0.1, 0.15) is 28.5 Å². The van der Waals surface area contributed by atoms with E-state index in [4.69, 9.17) is 14.2 Å². The van der Waals surface area contributed by atoms with Crippen LogP contribution >= 0.6 is 0 Å². The molecule has 0 bridgehead atoms. The molecule has 0 aliphatic carbocycles. The maximum absolute atomic E-state index is 13.1. The zero-order valence-electron chi connectivity index (χ0n) is 19.5. The summed E-state index contributed by atoms with van der Waals surface area (Å²) in [7, 11) is 1.23. The van der Waals surface area contributed by atoms with Crippen LogP contribution in [-0.4, -0.2) is 42.0 Å². The van der Waals surface area contributed by atoms with Crippen molar-refractivity contribution in [2.45, 2.75) is 20.0 Å². The summed E-state index contributed by atoms with van der Waals surface area (Å²) in [4.78, 5) is 37.7. The van der Waals surface area contributed by atoms with E-state index >= 15 is 0 Å². The van der Waals surface area contributed by atoms with Gasteiger partial charge in [0.05, 0.1) is 36.7 Å². The van der Waals surface area contributed by atoms with Gasteiger partial charge in [0.2, 0.25) is 5.69 Å². The second kappa shape index (κ2) is 10.9. The molecule has 12 heteroatoms. The van der Waals surface area contributed by atoms with Crippen LogP contribution in [0.2, 0.25) is 0 Å². The average Bonchev–Trinajstić information content (AvgIpc) is 2.83. The Morgan fingerprint density at radius 2 is 1.81 bits per heavy atom. The number of aromatic nitrogens is 2. The zero-order chi connectivity index (χ0) is 26.5. The van der Waals surface area contributed by atoms with Gasteiger partial charge in [-0.3, -0.25) is 9.59 Å². The molecule has 0 spiro atoms. The minimum Gasteiger partial charge on any atom is -0.495 e. The van der Waals surface area contributed by atoms with Gasteiger partial charge in [-0.05, 0) is 43.7 Å². The molecule has 9 nitrogen and oxygen atoms in total. The summed E-state index contributed by atoms with van der Waals surface area (Å²) in [5.41, 5.74) is -1.09. The summed E-state index contributed by atoms with van der Waals surface area (Å²) >= 11 is 0. The van der Waals surface area contributed by atoms with Crippen molar-refractivity contribution >= 4 is 17.6 Å². The van der Waals surface area contributed by atoms with Crippen molar-refractivity contribution in [3.05, 3.63) is 75.7 Å². The van der Waals surface area contributed by atoms with Gasteiger partial charge < -0.3 is 19.5 Å². The number of halogens is 3. The summed E-state index contributed by atoms with van der Waals surface area (Å²) in [5.74, 6) is -2.10. The molecule has 0 radical (unpaired) electrons. The number of rotatable bonds is 8. The summed E-state index contributed by atoms with van der Waals surface area (Å²) in [6.07, 6.45) is -4.64. The van der Waals surface area contributed by atoms with Crippen LogP contribution in [0.4, 0.5) is 18.9 Å². The first kappa shape index (κ1) is 26.3. The number of alkyl halides is 3. The van der Waals surface area contributed by atoms with Crippen LogP contribution in [-0.2, 0) is 15.7 Å². The van der Waals surface area contributed by atoms with Gasteiger partial charge >= 0.3 is 12.1 Å². The molecule has 0 unspecified atom stereocenters. The number of aryl methyl sites for hydroxylation is 1. The highest BCUT2D eigenvalue weighted by Crippen LogP contribution is 2.35. The molecule has 3 aromatic rings. The van der Waals surface area contributed by atoms with Gasteiger partial charge in [0.15, 0.2) is 12.4 Å². The second-order valence-electron chi connectivity index (χ2n) is 7.36. The van der Waals surface area contributed by atoms with Crippen molar-refractivity contribution < 1.29 is 37.0 Å². The smallest absolute Gasteiger partial charge is 0.416 e. The van der Waals surface area contributed by atoms with E-state index in [0.29, 0.717) is 17.3 Å². The normalized spacial score (nSPS) is 11.1. The summed E-state index contributed by atoms with van der Waals surface area (Å²) in [5, 5.41) is 6.35. The number of methoxy groups -OCH3 is 1. The predicted molar refractivity (Wildman–Crippen MR) is 123 cm³/mol. The Balaban J connectivity index is 1.88. The van der Waals surface area contributed by atoms with Crippen LogP contribution < -0.4 is 20.3 Å². The molecule has 1 N–H and O–H groups in total. The van der Waals surface area contributed by atoms with Crippen molar-refractivity contribution in [1.82, 2.24) is 9.78 Å². The molecular formula is C24H22F3N3O6. The Morgan fingerprint density at radius 1 is 1.08 bits per heavy atom. The number of carbonyl (C=O) groups is 2. The van der Waals surface area contributed by atoms with Crippen molar-refractivity contribution in [1.29, 1.82) is 0 Å². The monoisotopic (exact) mass is 505 g/mol. The molecule has 1 heterocycles. The van der Waals surface area contributed by atoms with Crippen LogP contribution in [0.3, 0.4) is 0 Å². The second-order valence-corrected chi connectivity index (χ2v) is 7.36. The first-order valence-corrected chi connectivity index (χ1v) is 10.6. The van der Waals surface area contributed by atoms with E-state index in [2.05, 4.69) is 10.4 Å². The number of benzene rings is 2. The minimum absolute atomic E-state index is 0.00828. The van der Waals surface area contributed by atoms with Gasteiger partial charge in [-0.15, -0.1) is 0 Å². The van der Waals surface area contributed by atoms with E-state index in [1.54, 1.807) is 38.1 Å². The summed E-state index contributed by atoms with van der Waals surface area (Å²) in [6.45, 7) is 2.59. The fourth-order valence-corrected chi connectivity index (χ4v) is 3.18. The fraction of sp³-hybridized carbons (Fsp3) is 0.250. The molecule has 1 amide bonds. The third-order valence-corrected chi connectivity index (χ3v) is 4.87. The van der Waals surface area contributed by atoms with E-state index in [1.165, 1.54) is 7.11 Å². The Labute approximate surface area is 203 Å². The minimum atomic E-state index is -4.64. The molecule has 0 saturated heterocycles. The van der Waals surface area contributed by atoms with Crippen LogP contribution in [0.25, 0.3) is 5.69 Å². The van der Waals surface area contributed by atoms with Crippen molar-refractivity contribution in [2.75, 3.05) is 25.6 Å². The van der Waals surface area contributed by atoms with Crippen LogP contribution in [0.15, 0.2) is 53.3 Å². The number of nitrogens with one attached hydrogen (secondary N) is 1. The first-order chi connectivity index (χ1) is 17.0. The van der Waals surface area contributed by atoms with Crippen LogP contribution in [0, 0.1) is 6.92 Å². The summed E-state index contributed by atoms with van der Waals surface area (Å²) < 4.78 is 55.5. The van der Waals surface area contributed by atoms with Crippen LogP contribution in [0.5, 0.6) is 11.5 Å². The lowest BCUT2D eigenvalue weighted by molar-refractivity contribution is -0.137. The fourth-order valence-electron chi connectivity index (χ4n) is 3.18. The maximum atomic E-state index is 13.1. The van der Waals surface area contributed by atoms with Crippen molar-refractivity contribution in [3.8, 4) is 17.2 Å². The zero-order valence-corrected chi connectivity index (χ0v) is 19.5. The molecular weight excluding hydrogens is 483 g/mol. The van der Waals surface area contributed by atoms with E-state index in [9.17, 15) is 27.6 Å². The largest absolute Gasteiger partial charge is 0.495 e. The number of para-hydroxylation sites is 1. The molecule has 0 saturated carbocycles. The molecule has 0 atom stereocenters. The third-order valence-electron chi connectivity index (χ3n) is 4.87. The standard InChI is InChI=1S/C24H22F3N3O6/c1-4-35-23(33)22-19(12-21(32)30(29-22)17-8-6-5-7-14(17)2)36-13-20(31)28-16-11-15(24(25,26)27)9-10-18(16)34-3/h5-12H,4,13H2,1-3H3,(H,28,31). The van der Waals surface area contributed by atoms with Gasteiger partial charge in [-0.1, -0.05) is 18.2 Å². The molecule has 0 aliphatic rings. The number of hydrogen-bond donors (Lipinski definition) is 1. The Morgan fingerprint density at radius 3 is 2.44 bits per heavy atom. The van der Waals surface area contributed by atoms with Crippen molar-refractivity contribution in [3.63, 3.8) is 0 Å². The molecule has 3 rings (SSSR count). The molecule has 0 aliphatic heterocycles. The lowest BCUT2D eigenvalue weighted by Crippen LogP contribution is -2.27. The Kier molecular flexibility index (Phi) is 7.97. The quantitative estimate of drug-likeness (QED) is 0.465. The molecule has 36 heavy (non-hydrogen) atoms. The highest BCUT2D eigenvalue weighted by Gasteiger charge is 2.31. The van der Waals surface area contributed by atoms with Gasteiger partial charge in [-0.2, -0.15) is 23.0 Å². The number of ether oxygens (including phenoxy) is 3. The SMILES string of the molecule is CCOC(=O)c1nn(-c2ccccc2C)c(=O)cc1OCC(=O)Nc1cc(C(F)(F)F)ccc1OC. The number of hydrogen-bond acceptors (Lipinski definition) is 7. The third kappa shape index (κ3) is 6.01. The van der Waals surface area contributed by atoms with E-state index in [0.717, 1.165) is 22.9 Å². The number of carbonyl (C=O) groups excluding carboxylic acids is 2. The predicted octanol–water partition coefficient (Wildman–Crippen LogP) is 3.76. The van der Waals surface area contributed by atoms with E-state index < -0.39 is 35.8 Å². The first-order valence-electron chi connectivity index (χ1n) is 10.6. The molecule has 1 aromatic heterocycles. The van der Waals surface area contributed by atoms with E-state index in [-0.39, 0.29) is 29.5 Å². The maximum Gasteiger partial charge on any atom is 0.416 e. The van der Waals surface area contributed by atoms with Gasteiger partial charge in [0, 0.05) is 0 Å². The number of amides is 1. The lowest BCUT2D eigenvalue weighted by Gasteiger charge is -2.15. The Hall–Kier alpha value is -4.35. The topological polar surface area (TPSA) is 109 Å². The number of anilines is 1. The molecule has 2 aromatic carbocycles. The number of esters is 1. The lowest BCUT2D eigenvalue weighted by atomic mass is 10.1. The highest BCUT2D eigenvalue weighted by molar-refractivity contribution is 5.94. The van der Waals surface area contributed by atoms with E-state index in [1.807, 2.05) is 0 Å². The Bertz CT molecular complexity index is 1340. The average molecular weight is 505 g/mol. The molecule has 190 valence electrons.